The number of carbonyl (C=O) groups is 1. The van der Waals surface area contributed by atoms with Crippen LogP contribution in [0.5, 0.6) is 0 Å². The summed E-state index contributed by atoms with van der Waals surface area (Å²) in [5.41, 5.74) is 3.39. The first kappa shape index (κ1) is 18.7. The highest BCUT2D eigenvalue weighted by molar-refractivity contribution is 5.93. The van der Waals surface area contributed by atoms with Crippen LogP contribution in [-0.2, 0) is 17.7 Å². The highest BCUT2D eigenvalue weighted by atomic mass is 19.1. The molecular weight excluding hydrogens is 359 g/mol. The lowest BCUT2D eigenvalue weighted by atomic mass is 9.93. The quantitative estimate of drug-likeness (QED) is 0.803. The van der Waals surface area contributed by atoms with Crippen molar-refractivity contribution in [2.24, 2.45) is 0 Å². The number of amides is 1. The first-order chi connectivity index (χ1) is 13.6. The van der Waals surface area contributed by atoms with Crippen molar-refractivity contribution in [2.75, 3.05) is 31.2 Å². The third-order valence-corrected chi connectivity index (χ3v) is 5.28. The zero-order chi connectivity index (χ0) is 19.5. The van der Waals surface area contributed by atoms with E-state index in [2.05, 4.69) is 32.3 Å². The van der Waals surface area contributed by atoms with Gasteiger partial charge >= 0.3 is 0 Å². The fourth-order valence-electron chi connectivity index (χ4n) is 3.53. The van der Waals surface area contributed by atoms with Gasteiger partial charge in [-0.2, -0.15) is 0 Å². The van der Waals surface area contributed by atoms with Crippen molar-refractivity contribution < 1.29 is 13.9 Å². The molecule has 1 aliphatic carbocycles. The summed E-state index contributed by atoms with van der Waals surface area (Å²) >= 11 is 0. The Labute approximate surface area is 163 Å². The van der Waals surface area contributed by atoms with Gasteiger partial charge in [-0.15, -0.1) is 0 Å². The fraction of sp³-hybridized carbons (Fsp3) is 0.429. The number of nitrogens with zero attached hydrogens (tertiary/aromatic N) is 2. The van der Waals surface area contributed by atoms with Gasteiger partial charge in [0.1, 0.15) is 11.5 Å². The van der Waals surface area contributed by atoms with E-state index >= 15 is 0 Å². The lowest BCUT2D eigenvalue weighted by Crippen LogP contribution is -2.36. The Bertz CT molecular complexity index is 869. The van der Waals surface area contributed by atoms with E-state index in [1.54, 1.807) is 0 Å². The number of carbonyl (C=O) groups excluding carboxylic acids is 1. The summed E-state index contributed by atoms with van der Waals surface area (Å²) in [5, 5.41) is 2.94. The molecular formula is C21H25FN4O2. The molecule has 1 atom stereocenters. The van der Waals surface area contributed by atoms with Gasteiger partial charge in [-0.1, -0.05) is 19.1 Å². The number of imidazole rings is 1. The van der Waals surface area contributed by atoms with Crippen molar-refractivity contribution in [1.29, 1.82) is 0 Å². The maximum absolute atomic E-state index is 13.0. The molecule has 2 heterocycles. The number of nitrogens with one attached hydrogen (secondary N) is 2. The molecule has 1 aliphatic heterocycles. The Hall–Kier alpha value is -2.67. The summed E-state index contributed by atoms with van der Waals surface area (Å²) in [7, 11) is 0. The zero-order valence-electron chi connectivity index (χ0n) is 16.0. The van der Waals surface area contributed by atoms with Gasteiger partial charge in [0.15, 0.2) is 0 Å². The monoisotopic (exact) mass is 384 g/mol. The van der Waals surface area contributed by atoms with Crippen LogP contribution < -0.4 is 10.2 Å². The third kappa shape index (κ3) is 3.94. The molecule has 6 nitrogen and oxygen atoms in total. The van der Waals surface area contributed by atoms with Crippen LogP contribution in [0.25, 0.3) is 0 Å². The lowest BCUT2D eigenvalue weighted by molar-refractivity contribution is 0.0945. The number of H-pyrrole nitrogens is 1. The van der Waals surface area contributed by atoms with Crippen LogP contribution in [0.15, 0.2) is 36.2 Å². The normalized spacial score (nSPS) is 19.1. The van der Waals surface area contributed by atoms with E-state index in [0.717, 1.165) is 37.6 Å². The number of hydrogen-bond donors (Lipinski definition) is 2. The maximum Gasteiger partial charge on any atom is 0.272 e. The molecule has 0 bridgehead atoms. The van der Waals surface area contributed by atoms with Gasteiger partial charge in [-0.05, 0) is 30.2 Å². The van der Waals surface area contributed by atoms with E-state index in [1.165, 1.54) is 11.8 Å². The van der Waals surface area contributed by atoms with E-state index in [0.29, 0.717) is 30.9 Å². The number of rotatable bonds is 6. The number of aryl methyl sites for hydroxylation is 1. The van der Waals surface area contributed by atoms with E-state index in [1.807, 2.05) is 19.1 Å². The molecule has 1 aromatic carbocycles. The van der Waals surface area contributed by atoms with Gasteiger partial charge in [0.05, 0.1) is 19.0 Å². The van der Waals surface area contributed by atoms with E-state index in [9.17, 15) is 9.18 Å². The van der Waals surface area contributed by atoms with Gasteiger partial charge in [-0.25, -0.2) is 9.37 Å². The predicted molar refractivity (Wildman–Crippen MR) is 105 cm³/mol. The third-order valence-electron chi connectivity index (χ3n) is 5.28. The molecule has 1 saturated heterocycles. The smallest absolute Gasteiger partial charge is 0.272 e. The van der Waals surface area contributed by atoms with E-state index < -0.39 is 0 Å². The van der Waals surface area contributed by atoms with Crippen molar-refractivity contribution in [2.45, 2.75) is 32.2 Å². The van der Waals surface area contributed by atoms with Crippen molar-refractivity contribution in [3.8, 4) is 0 Å². The van der Waals surface area contributed by atoms with Gasteiger partial charge in [0.2, 0.25) is 0 Å². The summed E-state index contributed by atoms with van der Waals surface area (Å²) in [4.78, 5) is 22.5. The number of halogens is 1. The Balaban J connectivity index is 1.37. The number of aromatic amines is 1. The number of allylic oxidation sites excluding steroid dienone is 2. The lowest BCUT2D eigenvalue weighted by Gasteiger charge is -2.28. The first-order valence-corrected chi connectivity index (χ1v) is 9.79. The number of hydrogen-bond acceptors (Lipinski definition) is 4. The van der Waals surface area contributed by atoms with Crippen molar-refractivity contribution in [1.82, 2.24) is 15.3 Å². The second kappa shape index (κ2) is 8.14. The average molecular weight is 384 g/mol. The molecule has 4 rings (SSSR count). The molecule has 148 valence electrons. The molecule has 0 saturated carbocycles. The van der Waals surface area contributed by atoms with E-state index in [4.69, 9.17) is 4.74 Å². The molecule has 7 heteroatoms. The van der Waals surface area contributed by atoms with Crippen molar-refractivity contribution >= 4 is 11.6 Å². The second-order valence-corrected chi connectivity index (χ2v) is 7.18. The Morgan fingerprint density at radius 2 is 2.04 bits per heavy atom. The Morgan fingerprint density at radius 1 is 1.32 bits per heavy atom. The first-order valence-electron chi connectivity index (χ1n) is 9.79. The minimum Gasteiger partial charge on any atom is -0.378 e. The highest BCUT2D eigenvalue weighted by Crippen LogP contribution is 2.34. The summed E-state index contributed by atoms with van der Waals surface area (Å²) in [6, 6.07) is 8.22. The minimum absolute atomic E-state index is 0.0559. The molecule has 1 amide bonds. The number of anilines is 1. The fourth-order valence-corrected chi connectivity index (χ4v) is 3.53. The summed E-state index contributed by atoms with van der Waals surface area (Å²) in [6.07, 6.45) is 2.56. The standard InChI is InChI=1S/C21H25FN4O2/c1-2-18-19(25-20(24-18)15-11-16(22)12-15)21(27)23-13-14-3-5-17(6-4-14)26-7-9-28-10-8-26/h3-6,11,15H,2,7-10,12-13H2,1H3,(H,23,27)(H,24,25). The van der Waals surface area contributed by atoms with Crippen LogP contribution >= 0.6 is 0 Å². The molecule has 0 spiro atoms. The SMILES string of the molecule is CCc1[nH]c(C2C=C(F)C2)nc1C(=O)NCc1ccc(N2CCOCC2)cc1. The summed E-state index contributed by atoms with van der Waals surface area (Å²) in [6.45, 7) is 5.72. The number of ether oxygens (including phenoxy) is 1. The van der Waals surface area contributed by atoms with Gasteiger partial charge in [0.25, 0.3) is 5.91 Å². The van der Waals surface area contributed by atoms with Crippen LogP contribution in [0.2, 0.25) is 0 Å². The summed E-state index contributed by atoms with van der Waals surface area (Å²) in [5.74, 6) is 0.282. The summed E-state index contributed by atoms with van der Waals surface area (Å²) < 4.78 is 18.4. The number of benzene rings is 1. The Morgan fingerprint density at radius 3 is 2.68 bits per heavy atom. The van der Waals surface area contributed by atoms with E-state index in [-0.39, 0.29) is 17.7 Å². The van der Waals surface area contributed by atoms with Gasteiger partial charge in [-0.3, -0.25) is 4.79 Å². The zero-order valence-corrected chi connectivity index (χ0v) is 16.0. The van der Waals surface area contributed by atoms with Crippen LogP contribution in [0, 0.1) is 0 Å². The van der Waals surface area contributed by atoms with Crippen LogP contribution in [0.4, 0.5) is 10.1 Å². The van der Waals surface area contributed by atoms with Gasteiger partial charge in [0, 0.05) is 43.4 Å². The second-order valence-electron chi connectivity index (χ2n) is 7.18. The molecule has 1 fully saturated rings. The highest BCUT2D eigenvalue weighted by Gasteiger charge is 2.26. The van der Waals surface area contributed by atoms with Crippen molar-refractivity contribution in [3.05, 3.63) is 58.9 Å². The van der Waals surface area contributed by atoms with Crippen molar-refractivity contribution in [3.63, 3.8) is 0 Å². The molecule has 2 aliphatic rings. The minimum atomic E-state index is -0.208. The predicted octanol–water partition coefficient (Wildman–Crippen LogP) is 3.08. The average Bonchev–Trinajstić information content (AvgIpc) is 3.15. The molecule has 1 unspecified atom stereocenters. The molecule has 0 radical (unpaired) electrons. The van der Waals surface area contributed by atoms with Crippen LogP contribution in [0.3, 0.4) is 0 Å². The largest absolute Gasteiger partial charge is 0.378 e. The van der Waals surface area contributed by atoms with Gasteiger partial charge < -0.3 is 19.9 Å². The molecule has 2 N–H and O–H groups in total. The van der Waals surface area contributed by atoms with Crippen LogP contribution in [0.1, 0.15) is 46.8 Å². The molecule has 2 aromatic rings. The molecule has 1 aromatic heterocycles. The number of aromatic nitrogens is 2. The number of morpholine rings is 1. The topological polar surface area (TPSA) is 70.2 Å². The maximum atomic E-state index is 13.0. The Kier molecular flexibility index (Phi) is 5.43. The molecule has 28 heavy (non-hydrogen) atoms. The van der Waals surface area contributed by atoms with Crippen LogP contribution in [-0.4, -0.2) is 42.2 Å².